The van der Waals surface area contributed by atoms with Gasteiger partial charge in [0.25, 0.3) is 0 Å². The first-order chi connectivity index (χ1) is 13.0. The molecule has 0 N–H and O–H groups in total. The Kier molecular flexibility index (Phi) is 4.97. The largest absolute Gasteiger partial charge is 0.493 e. The molecule has 1 aromatic carbocycles. The Morgan fingerprint density at radius 2 is 1.46 bits per heavy atom. The highest BCUT2D eigenvalue weighted by molar-refractivity contribution is 5.86. The van der Waals surface area contributed by atoms with E-state index in [1.165, 1.54) is 14.2 Å². The van der Waals surface area contributed by atoms with Gasteiger partial charge in [-0.1, -0.05) is 0 Å². The van der Waals surface area contributed by atoms with Gasteiger partial charge in [-0.25, -0.2) is 0 Å². The molecule has 156 valence electrons. The van der Waals surface area contributed by atoms with Gasteiger partial charge >= 0.3 is 12.4 Å². The fourth-order valence-corrected chi connectivity index (χ4v) is 4.05. The van der Waals surface area contributed by atoms with Gasteiger partial charge < -0.3 is 14.2 Å². The number of allylic oxidation sites excluding steroid dienone is 1. The second-order valence-corrected chi connectivity index (χ2v) is 6.58. The predicted octanol–water partition coefficient (Wildman–Crippen LogP) is 4.53. The highest BCUT2D eigenvalue weighted by Gasteiger charge is 2.65. The Bertz CT molecular complexity index is 796. The molecule has 0 amide bonds. The zero-order valence-corrected chi connectivity index (χ0v) is 15.4. The molecule has 28 heavy (non-hydrogen) atoms. The Hall–Kier alpha value is -2.10. The third kappa shape index (κ3) is 2.80. The fraction of sp³-hybridized carbons (Fsp3) is 0.556. The highest BCUT2D eigenvalue weighted by atomic mass is 19.4. The monoisotopic (exact) mass is 411 g/mol. The van der Waals surface area contributed by atoms with Crippen molar-refractivity contribution in [2.45, 2.75) is 30.7 Å². The van der Waals surface area contributed by atoms with E-state index in [0.717, 1.165) is 18.1 Å². The summed E-state index contributed by atoms with van der Waals surface area (Å²) in [6.07, 6.45) is -8.82. The van der Waals surface area contributed by atoms with E-state index in [0.29, 0.717) is 12.8 Å². The SMILES string of the molecule is COc1cc2c(c(OC)c1OC)C(C(F)(F)F)=CC2(N1CCCC1)C(F)(F)F. The minimum atomic E-state index is -5.02. The number of nitrogens with zero attached hydrogens (tertiary/aromatic N) is 1. The van der Waals surface area contributed by atoms with Crippen molar-refractivity contribution in [2.75, 3.05) is 34.4 Å². The molecule has 3 rings (SSSR count). The minimum absolute atomic E-state index is 0.0250. The zero-order chi connectivity index (χ0) is 20.9. The number of rotatable bonds is 4. The maximum Gasteiger partial charge on any atom is 0.416 e. The first kappa shape index (κ1) is 20.6. The van der Waals surface area contributed by atoms with Crippen molar-refractivity contribution in [1.82, 2.24) is 4.90 Å². The molecule has 10 heteroatoms. The maximum absolute atomic E-state index is 14.4. The van der Waals surface area contributed by atoms with Gasteiger partial charge in [-0.15, -0.1) is 0 Å². The summed E-state index contributed by atoms with van der Waals surface area (Å²) in [5.41, 5.74) is -5.55. The van der Waals surface area contributed by atoms with Gasteiger partial charge in [-0.05, 0) is 38.1 Å². The molecule has 0 aromatic heterocycles. The van der Waals surface area contributed by atoms with Crippen molar-refractivity contribution in [3.63, 3.8) is 0 Å². The van der Waals surface area contributed by atoms with Crippen LogP contribution in [0.4, 0.5) is 26.3 Å². The van der Waals surface area contributed by atoms with Crippen LogP contribution in [0.5, 0.6) is 17.2 Å². The van der Waals surface area contributed by atoms with Crippen LogP contribution in [0.3, 0.4) is 0 Å². The number of methoxy groups -OCH3 is 3. The predicted molar refractivity (Wildman–Crippen MR) is 88.7 cm³/mol. The summed E-state index contributed by atoms with van der Waals surface area (Å²) in [4.78, 5) is 1.04. The molecule has 0 spiro atoms. The Labute approximate surface area is 157 Å². The zero-order valence-electron chi connectivity index (χ0n) is 15.4. The topological polar surface area (TPSA) is 30.9 Å². The molecule has 0 saturated carbocycles. The third-order valence-electron chi connectivity index (χ3n) is 5.21. The lowest BCUT2D eigenvalue weighted by molar-refractivity contribution is -0.216. The maximum atomic E-state index is 14.4. The number of alkyl halides is 6. The van der Waals surface area contributed by atoms with Crippen LogP contribution in [-0.2, 0) is 5.54 Å². The lowest BCUT2D eigenvalue weighted by atomic mass is 9.88. The minimum Gasteiger partial charge on any atom is -0.493 e. The molecule has 1 saturated heterocycles. The van der Waals surface area contributed by atoms with E-state index in [2.05, 4.69) is 0 Å². The molecule has 0 radical (unpaired) electrons. The van der Waals surface area contributed by atoms with E-state index in [1.807, 2.05) is 0 Å². The van der Waals surface area contributed by atoms with Gasteiger partial charge in [-0.3, -0.25) is 4.90 Å². The first-order valence-corrected chi connectivity index (χ1v) is 8.48. The van der Waals surface area contributed by atoms with Gasteiger partial charge in [0, 0.05) is 11.1 Å². The molecule has 2 aliphatic rings. The van der Waals surface area contributed by atoms with Crippen LogP contribution in [0.2, 0.25) is 0 Å². The summed E-state index contributed by atoms with van der Waals surface area (Å²) >= 11 is 0. The second-order valence-electron chi connectivity index (χ2n) is 6.58. The Balaban J connectivity index is 2.45. The summed E-state index contributed by atoms with van der Waals surface area (Å²) in [7, 11) is 3.45. The highest BCUT2D eigenvalue weighted by Crippen LogP contribution is 2.61. The molecule has 1 unspecified atom stereocenters. The van der Waals surface area contributed by atoms with Crippen LogP contribution in [0.1, 0.15) is 24.0 Å². The molecule has 0 bridgehead atoms. The Morgan fingerprint density at radius 3 is 1.89 bits per heavy atom. The van der Waals surface area contributed by atoms with Gasteiger partial charge in [0.15, 0.2) is 17.0 Å². The number of hydrogen-bond acceptors (Lipinski definition) is 4. The molecule has 1 fully saturated rings. The second kappa shape index (κ2) is 6.75. The average molecular weight is 411 g/mol. The van der Waals surface area contributed by atoms with Crippen molar-refractivity contribution in [3.05, 3.63) is 23.3 Å². The third-order valence-corrected chi connectivity index (χ3v) is 5.21. The average Bonchev–Trinajstić information content (AvgIpc) is 3.24. The van der Waals surface area contributed by atoms with Crippen LogP contribution >= 0.6 is 0 Å². The lowest BCUT2D eigenvalue weighted by Gasteiger charge is -2.40. The van der Waals surface area contributed by atoms with E-state index in [1.54, 1.807) is 0 Å². The standard InChI is InChI=1S/C18H19F6NO3/c1-26-12-8-10-13(15(28-3)14(12)27-2)11(17(19,20)21)9-16(10,18(22,23)24)25-6-4-5-7-25/h8-9H,4-7H2,1-3H3. The molecule has 1 heterocycles. The van der Waals surface area contributed by atoms with Gasteiger partial charge in [-0.2, -0.15) is 26.3 Å². The number of fused-ring (bicyclic) bond motifs is 1. The molecular weight excluding hydrogens is 392 g/mol. The fourth-order valence-electron chi connectivity index (χ4n) is 4.05. The number of likely N-dealkylation sites (tertiary alicyclic amines) is 1. The normalized spacial score (nSPS) is 22.8. The van der Waals surface area contributed by atoms with Crippen molar-refractivity contribution < 1.29 is 40.6 Å². The quantitative estimate of drug-likeness (QED) is 0.682. The summed E-state index contributed by atoms with van der Waals surface area (Å²) in [5, 5.41) is 0. The smallest absolute Gasteiger partial charge is 0.416 e. The van der Waals surface area contributed by atoms with E-state index in [9.17, 15) is 26.3 Å². The van der Waals surface area contributed by atoms with Crippen LogP contribution in [-0.4, -0.2) is 51.7 Å². The summed E-state index contributed by atoms with van der Waals surface area (Å²) in [5.74, 6) is -0.771. The number of hydrogen-bond donors (Lipinski definition) is 0. The van der Waals surface area contributed by atoms with Crippen LogP contribution in [0.15, 0.2) is 12.1 Å². The first-order valence-electron chi connectivity index (χ1n) is 8.48. The van der Waals surface area contributed by atoms with Crippen molar-refractivity contribution >= 4 is 5.57 Å². The summed E-state index contributed by atoms with van der Waals surface area (Å²) < 4.78 is 99.9. The molecule has 1 aromatic rings. The molecule has 1 atom stereocenters. The van der Waals surface area contributed by atoms with Crippen LogP contribution in [0.25, 0.3) is 5.57 Å². The Morgan fingerprint density at radius 1 is 0.893 bits per heavy atom. The van der Waals surface area contributed by atoms with E-state index in [4.69, 9.17) is 14.2 Å². The molecular formula is C18H19F6NO3. The number of ether oxygens (including phenoxy) is 3. The van der Waals surface area contributed by atoms with Gasteiger partial charge in [0.2, 0.25) is 5.75 Å². The van der Waals surface area contributed by atoms with Crippen molar-refractivity contribution in [1.29, 1.82) is 0 Å². The van der Waals surface area contributed by atoms with Crippen molar-refractivity contribution in [2.24, 2.45) is 0 Å². The lowest BCUT2D eigenvalue weighted by Crippen LogP contribution is -2.53. The van der Waals surface area contributed by atoms with Crippen LogP contribution in [0, 0.1) is 0 Å². The molecule has 1 aliphatic carbocycles. The van der Waals surface area contributed by atoms with E-state index in [-0.39, 0.29) is 30.7 Å². The van der Waals surface area contributed by atoms with E-state index < -0.39 is 40.3 Å². The summed E-state index contributed by atoms with van der Waals surface area (Å²) in [6, 6.07) is 0.970. The summed E-state index contributed by atoms with van der Waals surface area (Å²) in [6.45, 7) is 0.0501. The van der Waals surface area contributed by atoms with Gasteiger partial charge in [0.1, 0.15) is 0 Å². The van der Waals surface area contributed by atoms with Crippen LogP contribution < -0.4 is 14.2 Å². The number of benzene rings is 1. The van der Waals surface area contributed by atoms with Crippen molar-refractivity contribution in [3.8, 4) is 17.2 Å². The van der Waals surface area contributed by atoms with Gasteiger partial charge in [0.05, 0.1) is 26.9 Å². The molecule has 4 nitrogen and oxygen atoms in total. The van der Waals surface area contributed by atoms with E-state index >= 15 is 0 Å². The number of halogens is 6. The molecule has 1 aliphatic heterocycles.